The molecular weight excluding hydrogens is 247 g/mol. The average molecular weight is 252 g/mol. The molecule has 10 heavy (non-hydrogen) atoms. The van der Waals surface area contributed by atoms with Gasteiger partial charge in [0.05, 0.1) is 22.9 Å². The zero-order chi connectivity index (χ0) is 7.72. The molecule has 0 aliphatic heterocycles. The highest BCUT2D eigenvalue weighted by Gasteiger charge is 1.95. The fourth-order valence-corrected chi connectivity index (χ4v) is 0.856. The first-order valence-electron chi connectivity index (χ1n) is 2.60. The first-order valence-corrected chi connectivity index (χ1v) is 3.57. The minimum Gasteiger partial charge on any atom is -0.311 e. The second-order valence-electron chi connectivity index (χ2n) is 1.88. The molecule has 0 aromatic carbocycles. The van der Waals surface area contributed by atoms with E-state index in [2.05, 4.69) is 4.98 Å². The van der Waals surface area contributed by atoms with E-state index in [1.165, 1.54) is 6.07 Å². The average Bonchev–Trinajstić information content (AvgIpc) is 1.82. The van der Waals surface area contributed by atoms with E-state index >= 15 is 0 Å². The van der Waals surface area contributed by atoms with Crippen molar-refractivity contribution in [3.63, 3.8) is 0 Å². The monoisotopic (exact) mass is 252 g/mol. The molecule has 0 saturated heterocycles. The highest BCUT2D eigenvalue weighted by atomic mass is 127. The van der Waals surface area contributed by atoms with Gasteiger partial charge in [0.25, 0.3) is 5.56 Å². The van der Waals surface area contributed by atoms with Gasteiger partial charge in [-0.05, 0) is 6.92 Å². The van der Waals surface area contributed by atoms with Crippen LogP contribution < -0.4 is 11.2 Å². The first kappa shape index (κ1) is 7.52. The van der Waals surface area contributed by atoms with Gasteiger partial charge in [0.1, 0.15) is 0 Å². The van der Waals surface area contributed by atoms with Gasteiger partial charge in [-0.3, -0.25) is 4.79 Å². The molecule has 1 heterocycles. The molecule has 0 aliphatic rings. The Morgan fingerprint density at radius 2 is 2.20 bits per heavy atom. The van der Waals surface area contributed by atoms with Crippen LogP contribution in [0.5, 0.6) is 0 Å². The number of rotatable bonds is 0. The lowest BCUT2D eigenvalue weighted by molar-refractivity contribution is 0.975. The predicted molar refractivity (Wildman–Crippen MR) is 45.5 cm³/mol. The Labute approximate surface area is 70.4 Å². The summed E-state index contributed by atoms with van der Waals surface area (Å²) in [6, 6.07) is 1.37. The molecule has 1 aromatic heterocycles. The second kappa shape index (κ2) is 2.57. The molecule has 1 rings (SSSR count). The molecule has 0 saturated carbocycles. The summed E-state index contributed by atoms with van der Waals surface area (Å²) < 4.78 is 0.991. The molecule has 54 valence electrons. The van der Waals surface area contributed by atoms with Crippen LogP contribution in [0.2, 0.25) is 0 Å². The van der Waals surface area contributed by atoms with E-state index in [4.69, 9.17) is 0 Å². The SMILES string of the molecule is Cc1cc(=O)n(I)c(=O)[nH]1. The van der Waals surface area contributed by atoms with Crippen LogP contribution in [-0.4, -0.2) is 7.76 Å². The Bertz CT molecular complexity index is 320. The van der Waals surface area contributed by atoms with Crippen LogP contribution in [0.15, 0.2) is 15.7 Å². The van der Waals surface area contributed by atoms with E-state index < -0.39 is 0 Å². The normalized spacial score (nSPS) is 9.80. The van der Waals surface area contributed by atoms with Crippen molar-refractivity contribution in [1.29, 1.82) is 0 Å². The Kier molecular flexibility index (Phi) is 1.93. The molecule has 0 spiro atoms. The third-order valence-corrected chi connectivity index (χ3v) is 1.93. The van der Waals surface area contributed by atoms with Crippen molar-refractivity contribution in [1.82, 2.24) is 7.76 Å². The molecule has 1 aromatic rings. The van der Waals surface area contributed by atoms with Crippen LogP contribution in [0.4, 0.5) is 0 Å². The summed E-state index contributed by atoms with van der Waals surface area (Å²) in [5, 5.41) is 0. The van der Waals surface area contributed by atoms with E-state index in [1.807, 2.05) is 0 Å². The smallest absolute Gasteiger partial charge is 0.311 e. The van der Waals surface area contributed by atoms with Gasteiger partial charge in [0, 0.05) is 11.8 Å². The maximum atomic E-state index is 10.8. The zero-order valence-electron chi connectivity index (χ0n) is 5.22. The van der Waals surface area contributed by atoms with Crippen LogP contribution in [0.1, 0.15) is 5.69 Å². The summed E-state index contributed by atoms with van der Waals surface area (Å²) >= 11 is 1.65. The summed E-state index contributed by atoms with van der Waals surface area (Å²) in [5.41, 5.74) is -0.0876. The summed E-state index contributed by atoms with van der Waals surface area (Å²) in [6.07, 6.45) is 0. The number of halogens is 1. The maximum absolute atomic E-state index is 10.8. The van der Waals surface area contributed by atoms with Gasteiger partial charge in [-0.1, -0.05) is 0 Å². The molecule has 0 bridgehead atoms. The van der Waals surface area contributed by atoms with Gasteiger partial charge in [-0.2, -0.15) is 2.78 Å². The molecule has 0 atom stereocenters. The van der Waals surface area contributed by atoms with E-state index in [0.717, 1.165) is 2.78 Å². The predicted octanol–water partition coefficient (Wildman–Crippen LogP) is 0.0431. The lowest BCUT2D eigenvalue weighted by Gasteiger charge is -1.92. The fourth-order valence-electron chi connectivity index (χ4n) is 0.596. The van der Waals surface area contributed by atoms with Crippen LogP contribution >= 0.6 is 22.9 Å². The molecule has 0 unspecified atom stereocenters. The third-order valence-electron chi connectivity index (χ3n) is 1.02. The fraction of sp³-hybridized carbons (Fsp3) is 0.200. The van der Waals surface area contributed by atoms with E-state index in [-0.39, 0.29) is 11.2 Å². The van der Waals surface area contributed by atoms with E-state index in [1.54, 1.807) is 29.8 Å². The second-order valence-corrected chi connectivity index (χ2v) is 2.84. The Morgan fingerprint density at radius 3 is 2.70 bits per heavy atom. The quantitative estimate of drug-likeness (QED) is 0.663. The summed E-state index contributed by atoms with van der Waals surface area (Å²) in [5.74, 6) is 0. The molecule has 0 fully saturated rings. The van der Waals surface area contributed by atoms with Crippen LogP contribution in [0.3, 0.4) is 0 Å². The third kappa shape index (κ3) is 1.28. The minimum absolute atomic E-state index is 0.290. The van der Waals surface area contributed by atoms with Crippen LogP contribution in [-0.2, 0) is 0 Å². The van der Waals surface area contributed by atoms with Crippen molar-refractivity contribution in [3.05, 3.63) is 32.6 Å². The lowest BCUT2D eigenvalue weighted by Crippen LogP contribution is -2.28. The first-order chi connectivity index (χ1) is 4.61. The van der Waals surface area contributed by atoms with Crippen LogP contribution in [0.25, 0.3) is 0 Å². The number of aromatic amines is 1. The van der Waals surface area contributed by atoms with Gasteiger partial charge in [0.2, 0.25) is 0 Å². The lowest BCUT2D eigenvalue weighted by atomic mass is 10.5. The molecule has 0 aliphatic carbocycles. The number of hydrogen-bond acceptors (Lipinski definition) is 2. The van der Waals surface area contributed by atoms with Gasteiger partial charge in [-0.25, -0.2) is 4.79 Å². The molecule has 0 amide bonds. The van der Waals surface area contributed by atoms with Gasteiger partial charge in [-0.15, -0.1) is 0 Å². The Morgan fingerprint density at radius 1 is 1.60 bits per heavy atom. The van der Waals surface area contributed by atoms with Crippen LogP contribution in [0, 0.1) is 6.92 Å². The van der Waals surface area contributed by atoms with Crippen molar-refractivity contribution < 1.29 is 0 Å². The Hall–Kier alpha value is -0.590. The largest absolute Gasteiger partial charge is 0.337 e. The topological polar surface area (TPSA) is 54.9 Å². The highest BCUT2D eigenvalue weighted by Crippen LogP contribution is 1.81. The number of H-pyrrole nitrogens is 1. The number of aromatic nitrogens is 2. The highest BCUT2D eigenvalue weighted by molar-refractivity contribution is 14.1. The zero-order valence-corrected chi connectivity index (χ0v) is 7.38. The standard InChI is InChI=1S/C5H5IN2O2/c1-3-2-4(9)8(6)5(10)7-3/h2H,1H3,(H,7,10). The van der Waals surface area contributed by atoms with Crippen molar-refractivity contribution in [3.8, 4) is 0 Å². The maximum Gasteiger partial charge on any atom is 0.337 e. The summed E-state index contributed by atoms with van der Waals surface area (Å²) in [6.45, 7) is 1.67. The number of hydrogen-bond donors (Lipinski definition) is 1. The molecule has 1 N–H and O–H groups in total. The molecule has 0 radical (unpaired) electrons. The van der Waals surface area contributed by atoms with E-state index in [9.17, 15) is 9.59 Å². The van der Waals surface area contributed by atoms with Crippen molar-refractivity contribution in [2.45, 2.75) is 6.92 Å². The Balaban J connectivity index is 3.62. The van der Waals surface area contributed by atoms with Gasteiger partial charge >= 0.3 is 5.69 Å². The molecular formula is C5H5IN2O2. The van der Waals surface area contributed by atoms with Gasteiger partial charge < -0.3 is 4.98 Å². The van der Waals surface area contributed by atoms with Crippen molar-refractivity contribution in [2.75, 3.05) is 0 Å². The van der Waals surface area contributed by atoms with Crippen molar-refractivity contribution >= 4 is 22.9 Å². The van der Waals surface area contributed by atoms with Crippen molar-refractivity contribution in [2.24, 2.45) is 0 Å². The molecule has 5 heteroatoms. The minimum atomic E-state index is -0.384. The number of nitrogens with zero attached hydrogens (tertiary/aromatic N) is 1. The summed E-state index contributed by atoms with van der Waals surface area (Å²) in [4.78, 5) is 24.0. The molecule has 4 nitrogen and oxygen atoms in total. The number of aryl methyl sites for hydroxylation is 1. The summed E-state index contributed by atoms with van der Waals surface area (Å²) in [7, 11) is 0. The number of nitrogens with one attached hydrogen (secondary N) is 1. The van der Waals surface area contributed by atoms with E-state index in [0.29, 0.717) is 5.69 Å². The van der Waals surface area contributed by atoms with Gasteiger partial charge in [0.15, 0.2) is 0 Å².